The number of nitrogens with one attached hydrogen (secondary N) is 1. The van der Waals surface area contributed by atoms with Gasteiger partial charge in [-0.15, -0.1) is 0 Å². The van der Waals surface area contributed by atoms with E-state index in [0.717, 1.165) is 19.0 Å². The van der Waals surface area contributed by atoms with Gasteiger partial charge in [-0.3, -0.25) is 9.69 Å². The summed E-state index contributed by atoms with van der Waals surface area (Å²) >= 11 is 0. The quantitative estimate of drug-likeness (QED) is 0.740. The minimum Gasteiger partial charge on any atom is -0.444 e. The van der Waals surface area contributed by atoms with E-state index in [1.54, 1.807) is 4.90 Å². The molecule has 0 spiro atoms. The molecule has 2 aliphatic rings. The molecule has 2 aliphatic heterocycles. The molecular weight excluding hydrogens is 390 g/mol. The Morgan fingerprint density at radius 1 is 1.13 bits per heavy atom. The summed E-state index contributed by atoms with van der Waals surface area (Å²) in [7, 11) is 0. The third-order valence-corrected chi connectivity index (χ3v) is 6.60. The van der Waals surface area contributed by atoms with Crippen LogP contribution < -0.4 is 5.32 Å². The molecule has 0 radical (unpaired) electrons. The maximum Gasteiger partial charge on any atom is 0.410 e. The molecular formula is C25H39N3O3. The maximum atomic E-state index is 12.9. The molecule has 1 aromatic carbocycles. The van der Waals surface area contributed by atoms with Crippen LogP contribution in [0, 0.1) is 17.8 Å². The van der Waals surface area contributed by atoms with Crippen LogP contribution in [-0.2, 0) is 9.53 Å². The third-order valence-electron chi connectivity index (χ3n) is 6.60. The molecule has 1 N–H and O–H groups in total. The van der Waals surface area contributed by atoms with Crippen LogP contribution in [0.3, 0.4) is 0 Å². The number of ether oxygens (including phenoxy) is 1. The minimum absolute atomic E-state index is 0.0696. The first kappa shape index (κ1) is 23.6. The monoisotopic (exact) mass is 429 g/mol. The fourth-order valence-corrected chi connectivity index (χ4v) is 4.35. The van der Waals surface area contributed by atoms with Crippen molar-refractivity contribution >= 4 is 12.0 Å². The van der Waals surface area contributed by atoms with Gasteiger partial charge in [0.1, 0.15) is 5.60 Å². The minimum atomic E-state index is -0.496. The highest BCUT2D eigenvalue weighted by Gasteiger charge is 2.39. The second-order valence-corrected chi connectivity index (χ2v) is 10.3. The molecule has 2 heterocycles. The molecule has 2 atom stereocenters. The van der Waals surface area contributed by atoms with Crippen LogP contribution in [0.4, 0.5) is 4.79 Å². The van der Waals surface area contributed by atoms with Crippen LogP contribution in [0.25, 0.3) is 0 Å². The SMILES string of the molecule is CC1CCN([C@@H](CNC(=O)[C@@H](C)C2CN(C(=O)OC(C)(C)C)C2)c2ccccc2)CC1. The molecule has 2 saturated heterocycles. The largest absolute Gasteiger partial charge is 0.444 e. The Hall–Kier alpha value is -2.08. The number of carbonyl (C=O) groups excluding carboxylic acids is 2. The van der Waals surface area contributed by atoms with Crippen LogP contribution >= 0.6 is 0 Å². The van der Waals surface area contributed by atoms with Crippen molar-refractivity contribution in [3.05, 3.63) is 35.9 Å². The number of likely N-dealkylation sites (tertiary alicyclic amines) is 2. The van der Waals surface area contributed by atoms with Gasteiger partial charge in [-0.1, -0.05) is 44.2 Å². The van der Waals surface area contributed by atoms with Crippen molar-refractivity contribution < 1.29 is 14.3 Å². The topological polar surface area (TPSA) is 61.9 Å². The molecule has 6 nitrogen and oxygen atoms in total. The number of benzene rings is 1. The number of hydrogen-bond acceptors (Lipinski definition) is 4. The van der Waals surface area contributed by atoms with Gasteiger partial charge < -0.3 is 15.0 Å². The van der Waals surface area contributed by atoms with Gasteiger partial charge in [-0.25, -0.2) is 4.79 Å². The highest BCUT2D eigenvalue weighted by molar-refractivity contribution is 5.79. The van der Waals surface area contributed by atoms with Crippen molar-refractivity contribution in [1.29, 1.82) is 0 Å². The highest BCUT2D eigenvalue weighted by Crippen LogP contribution is 2.28. The maximum absolute atomic E-state index is 12.9. The normalized spacial score (nSPS) is 20.6. The lowest BCUT2D eigenvalue weighted by Gasteiger charge is -2.42. The number of carbonyl (C=O) groups is 2. The number of nitrogens with zero attached hydrogens (tertiary/aromatic N) is 2. The molecule has 0 aliphatic carbocycles. The molecule has 0 saturated carbocycles. The van der Waals surface area contributed by atoms with Crippen LogP contribution in [0.15, 0.2) is 30.3 Å². The van der Waals surface area contributed by atoms with Crippen molar-refractivity contribution in [1.82, 2.24) is 15.1 Å². The van der Waals surface area contributed by atoms with Crippen molar-refractivity contribution in [2.24, 2.45) is 17.8 Å². The Morgan fingerprint density at radius 2 is 1.74 bits per heavy atom. The Kier molecular flexibility index (Phi) is 7.63. The van der Waals surface area contributed by atoms with Crippen LogP contribution in [-0.4, -0.2) is 60.1 Å². The Bertz CT molecular complexity index is 732. The van der Waals surface area contributed by atoms with E-state index >= 15 is 0 Å². The summed E-state index contributed by atoms with van der Waals surface area (Å²) in [5.74, 6) is 0.893. The zero-order valence-electron chi connectivity index (χ0n) is 19.8. The lowest BCUT2D eigenvalue weighted by molar-refractivity contribution is -0.128. The predicted molar refractivity (Wildman–Crippen MR) is 123 cm³/mol. The number of amides is 2. The number of rotatable bonds is 6. The first-order valence-electron chi connectivity index (χ1n) is 11.7. The van der Waals surface area contributed by atoms with Crippen molar-refractivity contribution in [3.8, 4) is 0 Å². The summed E-state index contributed by atoms with van der Waals surface area (Å²) < 4.78 is 5.41. The average molecular weight is 430 g/mol. The van der Waals surface area contributed by atoms with Gasteiger partial charge in [0, 0.05) is 31.5 Å². The van der Waals surface area contributed by atoms with Crippen molar-refractivity contribution in [2.75, 3.05) is 32.7 Å². The zero-order valence-corrected chi connectivity index (χ0v) is 19.8. The summed E-state index contributed by atoms with van der Waals surface area (Å²) in [6.07, 6.45) is 2.12. The molecule has 0 bridgehead atoms. The van der Waals surface area contributed by atoms with Gasteiger partial charge >= 0.3 is 6.09 Å². The van der Waals surface area contributed by atoms with E-state index in [1.165, 1.54) is 18.4 Å². The number of piperidine rings is 1. The Labute approximate surface area is 187 Å². The summed E-state index contributed by atoms with van der Waals surface area (Å²) in [6, 6.07) is 10.7. The fourth-order valence-electron chi connectivity index (χ4n) is 4.35. The molecule has 3 rings (SSSR count). The van der Waals surface area contributed by atoms with E-state index < -0.39 is 5.60 Å². The summed E-state index contributed by atoms with van der Waals surface area (Å²) in [6.45, 7) is 13.8. The summed E-state index contributed by atoms with van der Waals surface area (Å²) in [5, 5.41) is 3.21. The van der Waals surface area contributed by atoms with Gasteiger partial charge in [0.25, 0.3) is 0 Å². The summed E-state index contributed by atoms with van der Waals surface area (Å²) in [4.78, 5) is 29.2. The molecule has 6 heteroatoms. The average Bonchev–Trinajstić information content (AvgIpc) is 2.67. The van der Waals surface area contributed by atoms with Gasteiger partial charge in [-0.05, 0) is 58.2 Å². The van der Waals surface area contributed by atoms with E-state index in [1.807, 2.05) is 33.8 Å². The van der Waals surface area contributed by atoms with E-state index in [4.69, 9.17) is 4.74 Å². The molecule has 0 aromatic heterocycles. The molecule has 31 heavy (non-hydrogen) atoms. The van der Waals surface area contributed by atoms with Crippen LogP contribution in [0.5, 0.6) is 0 Å². The Morgan fingerprint density at radius 3 is 2.32 bits per heavy atom. The second-order valence-electron chi connectivity index (χ2n) is 10.3. The van der Waals surface area contributed by atoms with E-state index in [-0.39, 0.29) is 29.9 Å². The molecule has 1 aromatic rings. The molecule has 172 valence electrons. The van der Waals surface area contributed by atoms with Gasteiger partial charge in [0.15, 0.2) is 0 Å². The van der Waals surface area contributed by atoms with Crippen molar-refractivity contribution in [3.63, 3.8) is 0 Å². The fraction of sp³-hybridized carbons (Fsp3) is 0.680. The molecule has 0 unspecified atom stereocenters. The number of hydrogen-bond donors (Lipinski definition) is 1. The van der Waals surface area contributed by atoms with E-state index in [2.05, 4.69) is 41.4 Å². The highest BCUT2D eigenvalue weighted by atomic mass is 16.6. The first-order chi connectivity index (χ1) is 14.6. The van der Waals surface area contributed by atoms with Gasteiger partial charge in [-0.2, -0.15) is 0 Å². The Balaban J connectivity index is 1.52. The lowest BCUT2D eigenvalue weighted by atomic mass is 9.86. The van der Waals surface area contributed by atoms with Crippen LogP contribution in [0.2, 0.25) is 0 Å². The second kappa shape index (κ2) is 10.0. The van der Waals surface area contributed by atoms with Crippen LogP contribution in [0.1, 0.15) is 59.1 Å². The lowest BCUT2D eigenvalue weighted by Crippen LogP contribution is -2.56. The predicted octanol–water partition coefficient (Wildman–Crippen LogP) is 4.08. The van der Waals surface area contributed by atoms with Gasteiger partial charge in [0.2, 0.25) is 5.91 Å². The zero-order chi connectivity index (χ0) is 22.6. The smallest absolute Gasteiger partial charge is 0.410 e. The summed E-state index contributed by atoms with van der Waals surface area (Å²) in [5.41, 5.74) is 0.758. The van der Waals surface area contributed by atoms with E-state index in [9.17, 15) is 9.59 Å². The third kappa shape index (κ3) is 6.45. The first-order valence-corrected chi connectivity index (χ1v) is 11.7. The van der Waals surface area contributed by atoms with E-state index in [0.29, 0.717) is 19.6 Å². The molecule has 2 fully saturated rings. The molecule has 2 amide bonds. The standard InChI is InChI=1S/C25H39N3O3/c1-18-11-13-27(14-12-18)22(20-9-7-6-8-10-20)15-26-23(29)19(2)21-16-28(17-21)24(30)31-25(3,4)5/h6-10,18-19,21-22H,11-17H2,1-5H3,(H,26,29)/t19-,22-/m0/s1. The van der Waals surface area contributed by atoms with Gasteiger partial charge in [0.05, 0.1) is 6.04 Å². The van der Waals surface area contributed by atoms with Crippen molar-refractivity contribution in [2.45, 2.75) is 59.1 Å².